The minimum absolute atomic E-state index is 0.656. The van der Waals surface area contributed by atoms with Crippen molar-refractivity contribution < 1.29 is 13.9 Å². The molecule has 126 valence electrons. The molecule has 0 aliphatic carbocycles. The molecule has 6 nitrogen and oxygen atoms in total. The number of rotatable bonds is 12. The average Bonchev–Trinajstić information content (AvgIpc) is 3.03. The highest BCUT2D eigenvalue weighted by molar-refractivity contribution is 5.79. The molecular weight excluding hydrogens is 282 g/mol. The quantitative estimate of drug-likeness (QED) is 0.350. The molecule has 2 N–H and O–H groups in total. The predicted octanol–water partition coefficient (Wildman–Crippen LogP) is 1.82. The third-order valence-electron chi connectivity index (χ3n) is 3.01. The molecule has 1 rings (SSSR count). The van der Waals surface area contributed by atoms with Crippen molar-refractivity contribution in [1.29, 1.82) is 0 Å². The highest BCUT2D eigenvalue weighted by Crippen LogP contribution is 1.99. The van der Waals surface area contributed by atoms with Crippen LogP contribution in [0.25, 0.3) is 0 Å². The molecule has 1 aromatic rings. The third-order valence-corrected chi connectivity index (χ3v) is 3.01. The zero-order valence-corrected chi connectivity index (χ0v) is 13.8. The lowest BCUT2D eigenvalue weighted by atomic mass is 10.3. The fraction of sp³-hybridized carbons (Fsp3) is 0.688. The molecule has 22 heavy (non-hydrogen) atoms. The zero-order chi connectivity index (χ0) is 15.9. The van der Waals surface area contributed by atoms with E-state index in [-0.39, 0.29) is 0 Å². The van der Waals surface area contributed by atoms with E-state index in [1.165, 1.54) is 0 Å². The van der Waals surface area contributed by atoms with Gasteiger partial charge in [0.15, 0.2) is 5.96 Å². The van der Waals surface area contributed by atoms with E-state index in [0.29, 0.717) is 6.61 Å². The van der Waals surface area contributed by atoms with Gasteiger partial charge >= 0.3 is 0 Å². The summed E-state index contributed by atoms with van der Waals surface area (Å²) >= 11 is 0. The van der Waals surface area contributed by atoms with E-state index in [9.17, 15) is 0 Å². The summed E-state index contributed by atoms with van der Waals surface area (Å²) in [5.74, 6) is 1.79. The van der Waals surface area contributed by atoms with Crippen molar-refractivity contribution in [3.63, 3.8) is 0 Å². The molecule has 1 aromatic heterocycles. The van der Waals surface area contributed by atoms with Crippen LogP contribution in [-0.2, 0) is 15.9 Å². The smallest absolute Gasteiger partial charge is 0.191 e. The number of nitrogens with zero attached hydrogens (tertiary/aromatic N) is 1. The molecule has 0 saturated heterocycles. The van der Waals surface area contributed by atoms with Gasteiger partial charge in [0.05, 0.1) is 12.9 Å². The number of methoxy groups -OCH3 is 1. The first kappa shape index (κ1) is 18.5. The monoisotopic (exact) mass is 311 g/mol. The summed E-state index contributed by atoms with van der Waals surface area (Å²) in [5.41, 5.74) is 0. The van der Waals surface area contributed by atoms with E-state index in [0.717, 1.165) is 63.8 Å². The van der Waals surface area contributed by atoms with Gasteiger partial charge < -0.3 is 24.5 Å². The van der Waals surface area contributed by atoms with Crippen molar-refractivity contribution in [2.45, 2.75) is 26.2 Å². The van der Waals surface area contributed by atoms with Crippen LogP contribution in [0.15, 0.2) is 27.8 Å². The van der Waals surface area contributed by atoms with E-state index >= 15 is 0 Å². The molecule has 0 amide bonds. The molecule has 0 aliphatic heterocycles. The van der Waals surface area contributed by atoms with E-state index in [1.807, 2.05) is 19.1 Å². The Morgan fingerprint density at radius 1 is 1.23 bits per heavy atom. The number of aliphatic imine (C=N–C) groups is 1. The van der Waals surface area contributed by atoms with Gasteiger partial charge in [-0.2, -0.15) is 0 Å². The Kier molecular flexibility index (Phi) is 11.1. The predicted molar refractivity (Wildman–Crippen MR) is 88.3 cm³/mol. The van der Waals surface area contributed by atoms with Crippen LogP contribution in [0.4, 0.5) is 0 Å². The molecule has 0 aromatic carbocycles. The number of nitrogens with one attached hydrogen (secondary N) is 2. The summed E-state index contributed by atoms with van der Waals surface area (Å²) in [5, 5.41) is 6.57. The summed E-state index contributed by atoms with van der Waals surface area (Å²) in [6.45, 7) is 6.57. The van der Waals surface area contributed by atoms with Gasteiger partial charge in [0, 0.05) is 46.4 Å². The second-order valence-electron chi connectivity index (χ2n) is 4.81. The minimum atomic E-state index is 0.656. The van der Waals surface area contributed by atoms with E-state index < -0.39 is 0 Å². The first-order chi connectivity index (χ1) is 10.9. The van der Waals surface area contributed by atoms with Crippen LogP contribution < -0.4 is 10.6 Å². The summed E-state index contributed by atoms with van der Waals surface area (Å²) in [4.78, 5) is 4.56. The summed E-state index contributed by atoms with van der Waals surface area (Å²) in [6, 6.07) is 3.88. The van der Waals surface area contributed by atoms with Crippen molar-refractivity contribution in [3.8, 4) is 0 Å². The average molecular weight is 311 g/mol. The summed E-state index contributed by atoms with van der Waals surface area (Å²) in [6.07, 6.45) is 4.59. The van der Waals surface area contributed by atoms with E-state index in [1.54, 1.807) is 13.4 Å². The van der Waals surface area contributed by atoms with Gasteiger partial charge in [-0.05, 0) is 31.9 Å². The Labute approximate surface area is 133 Å². The van der Waals surface area contributed by atoms with Gasteiger partial charge in [0.25, 0.3) is 0 Å². The first-order valence-electron chi connectivity index (χ1n) is 7.98. The van der Waals surface area contributed by atoms with Crippen molar-refractivity contribution in [3.05, 3.63) is 24.2 Å². The number of hydrogen-bond acceptors (Lipinski definition) is 4. The standard InChI is InChI=1S/C16H29N3O3/c1-3-21-12-5-4-9-17-16(19-11-14-20-2)18-10-8-15-7-6-13-22-15/h6-7,13H,3-5,8-12,14H2,1-2H3,(H2,17,18,19). The minimum Gasteiger partial charge on any atom is -0.469 e. The van der Waals surface area contributed by atoms with Gasteiger partial charge in [0.2, 0.25) is 0 Å². The fourth-order valence-corrected chi connectivity index (χ4v) is 1.86. The van der Waals surface area contributed by atoms with Crippen LogP contribution in [0.2, 0.25) is 0 Å². The van der Waals surface area contributed by atoms with Gasteiger partial charge in [-0.1, -0.05) is 0 Å². The summed E-state index contributed by atoms with van der Waals surface area (Å²) in [7, 11) is 1.69. The molecule has 0 radical (unpaired) electrons. The highest BCUT2D eigenvalue weighted by Gasteiger charge is 2.00. The van der Waals surface area contributed by atoms with Crippen LogP contribution in [0.1, 0.15) is 25.5 Å². The Morgan fingerprint density at radius 2 is 2.09 bits per heavy atom. The number of unbranched alkanes of at least 4 members (excludes halogenated alkanes) is 1. The molecule has 0 bridgehead atoms. The van der Waals surface area contributed by atoms with Crippen molar-refractivity contribution in [1.82, 2.24) is 10.6 Å². The molecule has 0 aliphatic rings. The molecule has 0 fully saturated rings. The lowest BCUT2D eigenvalue weighted by Crippen LogP contribution is -2.40. The SMILES string of the molecule is CCOCCCCN=C(NCCOC)NCCc1ccco1. The maximum absolute atomic E-state index is 5.32. The highest BCUT2D eigenvalue weighted by atomic mass is 16.5. The fourth-order valence-electron chi connectivity index (χ4n) is 1.86. The maximum atomic E-state index is 5.32. The van der Waals surface area contributed by atoms with Crippen LogP contribution >= 0.6 is 0 Å². The number of hydrogen-bond donors (Lipinski definition) is 2. The van der Waals surface area contributed by atoms with E-state index in [4.69, 9.17) is 13.9 Å². The van der Waals surface area contributed by atoms with E-state index in [2.05, 4.69) is 15.6 Å². The Bertz CT molecular complexity index is 380. The molecule has 1 heterocycles. The van der Waals surface area contributed by atoms with Gasteiger partial charge in [-0.3, -0.25) is 4.99 Å². The Morgan fingerprint density at radius 3 is 2.82 bits per heavy atom. The van der Waals surface area contributed by atoms with Gasteiger partial charge in [-0.15, -0.1) is 0 Å². The topological polar surface area (TPSA) is 68.0 Å². The van der Waals surface area contributed by atoms with Gasteiger partial charge in [0.1, 0.15) is 5.76 Å². The van der Waals surface area contributed by atoms with Crippen LogP contribution in [0.5, 0.6) is 0 Å². The number of furan rings is 1. The lowest BCUT2D eigenvalue weighted by molar-refractivity contribution is 0.144. The molecule has 0 atom stereocenters. The van der Waals surface area contributed by atoms with Crippen molar-refractivity contribution in [2.24, 2.45) is 4.99 Å². The number of ether oxygens (including phenoxy) is 2. The first-order valence-corrected chi connectivity index (χ1v) is 7.98. The zero-order valence-electron chi connectivity index (χ0n) is 13.8. The maximum Gasteiger partial charge on any atom is 0.191 e. The third kappa shape index (κ3) is 9.41. The van der Waals surface area contributed by atoms with Gasteiger partial charge in [-0.25, -0.2) is 0 Å². The largest absolute Gasteiger partial charge is 0.469 e. The molecule has 0 unspecified atom stereocenters. The van der Waals surface area contributed by atoms with Crippen LogP contribution in [0.3, 0.4) is 0 Å². The van der Waals surface area contributed by atoms with Crippen LogP contribution in [0, 0.1) is 0 Å². The lowest BCUT2D eigenvalue weighted by Gasteiger charge is -2.12. The van der Waals surface area contributed by atoms with Crippen molar-refractivity contribution >= 4 is 5.96 Å². The second-order valence-corrected chi connectivity index (χ2v) is 4.81. The molecule has 6 heteroatoms. The Balaban J connectivity index is 2.24. The van der Waals surface area contributed by atoms with Crippen molar-refractivity contribution in [2.75, 3.05) is 46.6 Å². The summed E-state index contributed by atoms with van der Waals surface area (Å²) < 4.78 is 15.7. The Hall–Kier alpha value is -1.53. The normalized spacial score (nSPS) is 11.6. The second kappa shape index (κ2) is 13.2. The molecule has 0 spiro atoms. The van der Waals surface area contributed by atoms with Crippen LogP contribution in [-0.4, -0.2) is 52.5 Å². The number of guanidine groups is 1. The molecule has 0 saturated carbocycles. The molecular formula is C16H29N3O3.